The zero-order chi connectivity index (χ0) is 14.1. The fourth-order valence-electron chi connectivity index (χ4n) is 4.35. The van der Waals surface area contributed by atoms with E-state index in [2.05, 4.69) is 43.0 Å². The zero-order valence-corrected chi connectivity index (χ0v) is 12.9. The molecule has 0 bridgehead atoms. The lowest BCUT2D eigenvalue weighted by Gasteiger charge is -2.39. The Balaban J connectivity index is 1.85. The summed E-state index contributed by atoms with van der Waals surface area (Å²) in [6.45, 7) is 5.55. The fourth-order valence-corrected chi connectivity index (χ4v) is 4.35. The predicted molar refractivity (Wildman–Crippen MR) is 84.6 cm³/mol. The van der Waals surface area contributed by atoms with Crippen LogP contribution in [0.1, 0.15) is 56.2 Å². The highest BCUT2D eigenvalue weighted by molar-refractivity contribution is 5.26. The molecule has 0 aromatic heterocycles. The average Bonchev–Trinajstić information content (AvgIpc) is 2.85. The highest BCUT2D eigenvalue weighted by Crippen LogP contribution is 2.41. The van der Waals surface area contributed by atoms with Gasteiger partial charge in [-0.2, -0.15) is 0 Å². The van der Waals surface area contributed by atoms with E-state index in [9.17, 15) is 0 Å². The number of hydrogen-bond acceptors (Lipinski definition) is 2. The Hall–Kier alpha value is -0.860. The molecule has 1 aromatic rings. The topological polar surface area (TPSA) is 29.3 Å². The van der Waals surface area contributed by atoms with Gasteiger partial charge in [-0.1, -0.05) is 42.7 Å². The van der Waals surface area contributed by atoms with Gasteiger partial charge in [0.1, 0.15) is 0 Å². The summed E-state index contributed by atoms with van der Waals surface area (Å²) in [7, 11) is 0. The molecule has 0 radical (unpaired) electrons. The van der Waals surface area contributed by atoms with Crippen molar-refractivity contribution in [2.75, 3.05) is 6.54 Å². The molecule has 110 valence electrons. The minimum Gasteiger partial charge on any atom is -0.326 e. The molecule has 2 aliphatic rings. The molecule has 1 aromatic carbocycles. The van der Waals surface area contributed by atoms with E-state index >= 15 is 0 Å². The van der Waals surface area contributed by atoms with Crippen molar-refractivity contribution in [2.45, 2.75) is 64.1 Å². The van der Waals surface area contributed by atoms with Crippen LogP contribution in [0.5, 0.6) is 0 Å². The molecule has 2 heteroatoms. The number of rotatable bonds is 3. The third-order valence-corrected chi connectivity index (χ3v) is 5.33. The smallest absolute Gasteiger partial charge is 0.0499 e. The Kier molecular flexibility index (Phi) is 4.13. The Morgan fingerprint density at radius 1 is 1.10 bits per heavy atom. The third kappa shape index (κ3) is 2.64. The number of hydrogen-bond donors (Lipinski definition) is 1. The number of benzene rings is 1. The van der Waals surface area contributed by atoms with Gasteiger partial charge in [0.15, 0.2) is 0 Å². The fraction of sp³-hybridized carbons (Fsp3) is 0.667. The Morgan fingerprint density at radius 2 is 1.80 bits per heavy atom. The van der Waals surface area contributed by atoms with Crippen LogP contribution in [0.4, 0.5) is 0 Å². The van der Waals surface area contributed by atoms with Gasteiger partial charge in [-0.05, 0) is 51.1 Å². The monoisotopic (exact) mass is 272 g/mol. The molecule has 1 aliphatic carbocycles. The molecule has 0 spiro atoms. The summed E-state index contributed by atoms with van der Waals surface area (Å²) in [5.74, 6) is 0.926. The van der Waals surface area contributed by atoms with Crippen molar-refractivity contribution in [2.24, 2.45) is 11.7 Å². The van der Waals surface area contributed by atoms with Crippen LogP contribution in [0, 0.1) is 12.8 Å². The van der Waals surface area contributed by atoms with E-state index < -0.39 is 0 Å². The summed E-state index contributed by atoms with van der Waals surface area (Å²) in [6, 6.07) is 10.4. The highest BCUT2D eigenvalue weighted by atomic mass is 15.2. The number of nitrogens with two attached hydrogens (primary N) is 1. The Labute approximate surface area is 123 Å². The van der Waals surface area contributed by atoms with Crippen LogP contribution >= 0.6 is 0 Å². The minimum atomic E-state index is 0.193. The predicted octanol–water partition coefficient (Wildman–Crippen LogP) is 3.65. The molecule has 1 saturated carbocycles. The lowest BCUT2D eigenvalue weighted by Crippen LogP contribution is -2.44. The third-order valence-electron chi connectivity index (χ3n) is 5.33. The van der Waals surface area contributed by atoms with Crippen molar-refractivity contribution in [3.8, 4) is 0 Å². The first kappa shape index (κ1) is 14.1. The molecule has 2 fully saturated rings. The summed E-state index contributed by atoms with van der Waals surface area (Å²) >= 11 is 0. The number of nitrogens with zero attached hydrogens (tertiary/aromatic N) is 1. The number of aryl methyl sites for hydroxylation is 1. The first-order valence-corrected chi connectivity index (χ1v) is 8.24. The Morgan fingerprint density at radius 3 is 2.50 bits per heavy atom. The normalized spacial score (nSPS) is 29.9. The van der Waals surface area contributed by atoms with Crippen LogP contribution in [0.25, 0.3) is 0 Å². The van der Waals surface area contributed by atoms with E-state index in [0.29, 0.717) is 6.04 Å². The molecule has 1 saturated heterocycles. The Bertz CT molecular complexity index is 437. The van der Waals surface area contributed by atoms with Gasteiger partial charge < -0.3 is 5.73 Å². The van der Waals surface area contributed by atoms with Gasteiger partial charge in [0.2, 0.25) is 0 Å². The van der Waals surface area contributed by atoms with Crippen LogP contribution in [-0.4, -0.2) is 23.5 Å². The summed E-state index contributed by atoms with van der Waals surface area (Å²) in [4.78, 5) is 2.72. The molecule has 4 atom stereocenters. The molecule has 0 amide bonds. The van der Waals surface area contributed by atoms with Crippen molar-refractivity contribution < 1.29 is 0 Å². The molecule has 3 rings (SSSR count). The van der Waals surface area contributed by atoms with E-state index in [1.54, 1.807) is 0 Å². The second-order valence-corrected chi connectivity index (χ2v) is 6.85. The highest BCUT2D eigenvalue weighted by Gasteiger charge is 2.40. The van der Waals surface area contributed by atoms with E-state index in [-0.39, 0.29) is 6.04 Å². The maximum atomic E-state index is 6.37. The quantitative estimate of drug-likeness (QED) is 0.910. The summed E-state index contributed by atoms with van der Waals surface area (Å²) in [6.07, 6.45) is 7.01. The van der Waals surface area contributed by atoms with Crippen molar-refractivity contribution >= 4 is 0 Å². The molecule has 4 unspecified atom stereocenters. The van der Waals surface area contributed by atoms with Gasteiger partial charge in [0.05, 0.1) is 0 Å². The SMILES string of the molecule is Cc1ccc(C(C(C)N)N2CCC3CCCCC32)cc1. The first-order valence-electron chi connectivity index (χ1n) is 8.24. The second kappa shape index (κ2) is 5.87. The molecule has 1 heterocycles. The molecule has 1 aliphatic heterocycles. The minimum absolute atomic E-state index is 0.193. The van der Waals surface area contributed by atoms with Gasteiger partial charge in [-0.25, -0.2) is 0 Å². The van der Waals surface area contributed by atoms with Gasteiger partial charge in [-0.15, -0.1) is 0 Å². The van der Waals surface area contributed by atoms with E-state index in [1.165, 1.54) is 49.8 Å². The molecule has 2 nitrogen and oxygen atoms in total. The van der Waals surface area contributed by atoms with Gasteiger partial charge in [-0.3, -0.25) is 4.90 Å². The average molecular weight is 272 g/mol. The lowest BCUT2D eigenvalue weighted by atomic mass is 9.84. The summed E-state index contributed by atoms with van der Waals surface area (Å²) in [5, 5.41) is 0. The zero-order valence-electron chi connectivity index (χ0n) is 12.9. The van der Waals surface area contributed by atoms with Crippen molar-refractivity contribution in [1.29, 1.82) is 0 Å². The molecule has 2 N–H and O–H groups in total. The van der Waals surface area contributed by atoms with E-state index in [4.69, 9.17) is 5.73 Å². The first-order chi connectivity index (χ1) is 9.66. The van der Waals surface area contributed by atoms with Gasteiger partial charge in [0, 0.05) is 18.1 Å². The van der Waals surface area contributed by atoms with Crippen molar-refractivity contribution in [1.82, 2.24) is 4.90 Å². The van der Waals surface area contributed by atoms with Gasteiger partial charge in [0.25, 0.3) is 0 Å². The van der Waals surface area contributed by atoms with Crippen LogP contribution in [0.3, 0.4) is 0 Å². The maximum Gasteiger partial charge on any atom is 0.0499 e. The van der Waals surface area contributed by atoms with Crippen LogP contribution in [0.2, 0.25) is 0 Å². The molecule has 20 heavy (non-hydrogen) atoms. The molecular formula is C18H28N2. The maximum absolute atomic E-state index is 6.37. The summed E-state index contributed by atoms with van der Waals surface area (Å²) in [5.41, 5.74) is 9.09. The van der Waals surface area contributed by atoms with Crippen LogP contribution in [-0.2, 0) is 0 Å². The second-order valence-electron chi connectivity index (χ2n) is 6.85. The van der Waals surface area contributed by atoms with E-state index in [0.717, 1.165) is 12.0 Å². The van der Waals surface area contributed by atoms with Crippen molar-refractivity contribution in [3.63, 3.8) is 0 Å². The van der Waals surface area contributed by atoms with Crippen LogP contribution in [0.15, 0.2) is 24.3 Å². The van der Waals surface area contributed by atoms with Gasteiger partial charge >= 0.3 is 0 Å². The number of fused-ring (bicyclic) bond motifs is 1. The number of likely N-dealkylation sites (tertiary alicyclic amines) is 1. The van der Waals surface area contributed by atoms with Crippen molar-refractivity contribution in [3.05, 3.63) is 35.4 Å². The largest absolute Gasteiger partial charge is 0.326 e. The standard InChI is InChI=1S/C18H28N2/c1-13-7-9-16(10-8-13)18(14(2)19)20-12-11-15-5-3-4-6-17(15)20/h7-10,14-15,17-18H,3-6,11-12,19H2,1-2H3. The lowest BCUT2D eigenvalue weighted by molar-refractivity contribution is 0.119. The van der Waals surface area contributed by atoms with E-state index in [1.807, 2.05) is 0 Å². The molecular weight excluding hydrogens is 244 g/mol. The summed E-state index contributed by atoms with van der Waals surface area (Å²) < 4.78 is 0. The van der Waals surface area contributed by atoms with Crippen LogP contribution < -0.4 is 5.73 Å².